The SMILES string of the molecule is COc1ccc(C(=O)C2(C)CCNCC2)cc1OC. The van der Waals surface area contributed by atoms with Gasteiger partial charge in [0.2, 0.25) is 0 Å². The van der Waals surface area contributed by atoms with E-state index < -0.39 is 0 Å². The lowest BCUT2D eigenvalue weighted by Crippen LogP contribution is -2.40. The van der Waals surface area contributed by atoms with Crippen LogP contribution in [-0.2, 0) is 0 Å². The molecule has 0 radical (unpaired) electrons. The van der Waals surface area contributed by atoms with Gasteiger partial charge in [-0.15, -0.1) is 0 Å². The minimum Gasteiger partial charge on any atom is -0.493 e. The first-order valence-corrected chi connectivity index (χ1v) is 6.58. The number of rotatable bonds is 4. The Balaban J connectivity index is 2.28. The standard InChI is InChI=1S/C15H21NO3/c1-15(6-8-16-9-7-15)14(17)11-4-5-12(18-2)13(10-11)19-3/h4-5,10,16H,6-9H2,1-3H3. The minimum atomic E-state index is -0.273. The Bertz CT molecular complexity index is 464. The number of hydrogen-bond donors (Lipinski definition) is 1. The zero-order chi connectivity index (χ0) is 13.9. The van der Waals surface area contributed by atoms with Crippen LogP contribution in [0.3, 0.4) is 0 Å². The normalized spacial score (nSPS) is 17.8. The largest absolute Gasteiger partial charge is 0.493 e. The summed E-state index contributed by atoms with van der Waals surface area (Å²) in [6, 6.07) is 5.38. The summed E-state index contributed by atoms with van der Waals surface area (Å²) in [5.41, 5.74) is 0.423. The molecule has 1 fully saturated rings. The van der Waals surface area contributed by atoms with E-state index in [9.17, 15) is 4.79 Å². The highest BCUT2D eigenvalue weighted by Gasteiger charge is 2.35. The highest BCUT2D eigenvalue weighted by Crippen LogP contribution is 2.35. The number of hydrogen-bond acceptors (Lipinski definition) is 4. The summed E-state index contributed by atoms with van der Waals surface area (Å²) in [6.45, 7) is 3.85. The van der Waals surface area contributed by atoms with Crippen molar-refractivity contribution in [2.24, 2.45) is 5.41 Å². The van der Waals surface area contributed by atoms with Gasteiger partial charge in [-0.25, -0.2) is 0 Å². The van der Waals surface area contributed by atoms with Crippen LogP contribution >= 0.6 is 0 Å². The fourth-order valence-corrected chi connectivity index (χ4v) is 2.53. The van der Waals surface area contributed by atoms with Crippen molar-refractivity contribution in [1.29, 1.82) is 0 Å². The third kappa shape index (κ3) is 2.73. The lowest BCUT2D eigenvalue weighted by Gasteiger charge is -2.32. The molecular weight excluding hydrogens is 242 g/mol. The predicted octanol–water partition coefficient (Wildman–Crippen LogP) is 2.28. The van der Waals surface area contributed by atoms with Crippen molar-refractivity contribution >= 4 is 5.78 Å². The molecule has 1 N–H and O–H groups in total. The number of carbonyl (C=O) groups excluding carboxylic acids is 1. The quantitative estimate of drug-likeness (QED) is 0.847. The highest BCUT2D eigenvalue weighted by molar-refractivity contribution is 6.00. The Hall–Kier alpha value is -1.55. The molecule has 4 heteroatoms. The summed E-state index contributed by atoms with van der Waals surface area (Å²) in [5, 5.41) is 3.29. The molecule has 1 aliphatic rings. The van der Waals surface area contributed by atoms with Crippen LogP contribution < -0.4 is 14.8 Å². The van der Waals surface area contributed by atoms with Crippen molar-refractivity contribution < 1.29 is 14.3 Å². The fourth-order valence-electron chi connectivity index (χ4n) is 2.53. The molecule has 2 rings (SSSR count). The van der Waals surface area contributed by atoms with Gasteiger partial charge in [0.15, 0.2) is 17.3 Å². The van der Waals surface area contributed by atoms with Gasteiger partial charge in [0.1, 0.15) is 0 Å². The molecule has 1 aliphatic heterocycles. The summed E-state index contributed by atoms with van der Waals surface area (Å²) >= 11 is 0. The van der Waals surface area contributed by atoms with E-state index in [4.69, 9.17) is 9.47 Å². The van der Waals surface area contributed by atoms with Crippen molar-refractivity contribution in [2.45, 2.75) is 19.8 Å². The number of ether oxygens (including phenoxy) is 2. The minimum absolute atomic E-state index is 0.190. The van der Waals surface area contributed by atoms with Gasteiger partial charge in [-0.2, -0.15) is 0 Å². The second-order valence-electron chi connectivity index (χ2n) is 5.21. The second kappa shape index (κ2) is 5.61. The molecule has 104 valence electrons. The van der Waals surface area contributed by atoms with Crippen molar-refractivity contribution in [3.8, 4) is 11.5 Å². The van der Waals surface area contributed by atoms with Crippen molar-refractivity contribution in [3.05, 3.63) is 23.8 Å². The Kier molecular flexibility index (Phi) is 4.10. The van der Waals surface area contributed by atoms with E-state index in [1.807, 2.05) is 13.0 Å². The van der Waals surface area contributed by atoms with Crippen LogP contribution in [0.25, 0.3) is 0 Å². The van der Waals surface area contributed by atoms with E-state index in [-0.39, 0.29) is 11.2 Å². The van der Waals surface area contributed by atoms with Gasteiger partial charge in [-0.3, -0.25) is 4.79 Å². The van der Waals surface area contributed by atoms with Crippen LogP contribution in [-0.4, -0.2) is 33.1 Å². The van der Waals surface area contributed by atoms with E-state index >= 15 is 0 Å². The smallest absolute Gasteiger partial charge is 0.168 e. The first kappa shape index (κ1) is 13.9. The van der Waals surface area contributed by atoms with Crippen molar-refractivity contribution in [1.82, 2.24) is 5.32 Å². The molecule has 1 aromatic carbocycles. The molecule has 0 atom stereocenters. The van der Waals surface area contributed by atoms with E-state index in [0.29, 0.717) is 17.1 Å². The first-order chi connectivity index (χ1) is 9.10. The molecular formula is C15H21NO3. The average molecular weight is 263 g/mol. The van der Waals surface area contributed by atoms with E-state index in [1.54, 1.807) is 26.4 Å². The predicted molar refractivity (Wildman–Crippen MR) is 74.1 cm³/mol. The zero-order valence-electron chi connectivity index (χ0n) is 11.8. The van der Waals surface area contributed by atoms with Crippen molar-refractivity contribution in [2.75, 3.05) is 27.3 Å². The maximum Gasteiger partial charge on any atom is 0.168 e. The van der Waals surface area contributed by atoms with Crippen LogP contribution in [0, 0.1) is 5.41 Å². The molecule has 1 heterocycles. The van der Waals surface area contributed by atoms with E-state index in [1.165, 1.54) is 0 Å². The van der Waals surface area contributed by atoms with Crippen LogP contribution in [0.1, 0.15) is 30.1 Å². The number of Topliss-reactive ketones (excluding diaryl/α,β-unsaturated/α-hetero) is 1. The zero-order valence-corrected chi connectivity index (χ0v) is 11.8. The average Bonchev–Trinajstić information content (AvgIpc) is 2.46. The van der Waals surface area contributed by atoms with Gasteiger partial charge in [0.25, 0.3) is 0 Å². The molecule has 0 aromatic heterocycles. The molecule has 1 aromatic rings. The monoisotopic (exact) mass is 263 g/mol. The molecule has 0 bridgehead atoms. The maximum absolute atomic E-state index is 12.7. The van der Waals surface area contributed by atoms with Crippen LogP contribution in [0.15, 0.2) is 18.2 Å². The number of methoxy groups -OCH3 is 2. The van der Waals surface area contributed by atoms with Gasteiger partial charge >= 0.3 is 0 Å². The Labute approximate surface area is 114 Å². The Morgan fingerprint density at radius 3 is 2.37 bits per heavy atom. The lowest BCUT2D eigenvalue weighted by molar-refractivity contribution is 0.0762. The molecule has 1 saturated heterocycles. The Morgan fingerprint density at radius 1 is 1.16 bits per heavy atom. The molecule has 0 aliphatic carbocycles. The fraction of sp³-hybridized carbons (Fsp3) is 0.533. The molecule has 0 amide bonds. The molecule has 0 unspecified atom stereocenters. The first-order valence-electron chi connectivity index (χ1n) is 6.58. The summed E-state index contributed by atoms with van der Waals surface area (Å²) in [7, 11) is 3.17. The van der Waals surface area contributed by atoms with Gasteiger partial charge in [0, 0.05) is 11.0 Å². The van der Waals surface area contributed by atoms with E-state index in [2.05, 4.69) is 5.32 Å². The summed E-state index contributed by atoms with van der Waals surface area (Å²) in [5.74, 6) is 1.44. The van der Waals surface area contributed by atoms with Crippen molar-refractivity contribution in [3.63, 3.8) is 0 Å². The van der Waals surface area contributed by atoms with Gasteiger partial charge < -0.3 is 14.8 Å². The highest BCUT2D eigenvalue weighted by atomic mass is 16.5. The van der Waals surface area contributed by atoms with Gasteiger partial charge in [0.05, 0.1) is 14.2 Å². The molecule has 4 nitrogen and oxygen atoms in total. The van der Waals surface area contributed by atoms with E-state index in [0.717, 1.165) is 25.9 Å². The summed E-state index contributed by atoms with van der Waals surface area (Å²) in [6.07, 6.45) is 1.75. The van der Waals surface area contributed by atoms with Gasteiger partial charge in [-0.05, 0) is 44.1 Å². The number of piperidine rings is 1. The third-order valence-corrected chi connectivity index (χ3v) is 3.90. The molecule has 0 spiro atoms. The molecule has 0 saturated carbocycles. The number of ketones is 1. The number of benzene rings is 1. The Morgan fingerprint density at radius 2 is 1.79 bits per heavy atom. The lowest BCUT2D eigenvalue weighted by atomic mass is 9.75. The topological polar surface area (TPSA) is 47.6 Å². The van der Waals surface area contributed by atoms with Gasteiger partial charge in [-0.1, -0.05) is 6.92 Å². The third-order valence-electron chi connectivity index (χ3n) is 3.90. The summed E-state index contributed by atoms with van der Waals surface area (Å²) < 4.78 is 10.5. The second-order valence-corrected chi connectivity index (χ2v) is 5.21. The van der Waals surface area contributed by atoms with Crippen LogP contribution in [0.2, 0.25) is 0 Å². The summed E-state index contributed by atoms with van der Waals surface area (Å²) in [4.78, 5) is 12.7. The number of nitrogens with one attached hydrogen (secondary N) is 1. The van der Waals surface area contributed by atoms with Crippen LogP contribution in [0.4, 0.5) is 0 Å². The number of carbonyl (C=O) groups is 1. The maximum atomic E-state index is 12.7. The molecule has 19 heavy (non-hydrogen) atoms. The van der Waals surface area contributed by atoms with Crippen LogP contribution in [0.5, 0.6) is 11.5 Å².